The summed E-state index contributed by atoms with van der Waals surface area (Å²) in [6.45, 7) is 4.77. The van der Waals surface area contributed by atoms with Gasteiger partial charge < -0.3 is 20.0 Å². The molecule has 0 unspecified atom stereocenters. The number of nitrogens with zero attached hydrogens (tertiary/aromatic N) is 6. The molecule has 1 saturated heterocycles. The molecule has 21 heavy (non-hydrogen) atoms. The third kappa shape index (κ3) is 4.82. The Hall–Kier alpha value is -1.96. The Balaban J connectivity index is 1.84. The number of piperazine rings is 1. The summed E-state index contributed by atoms with van der Waals surface area (Å²) in [5.74, 6) is 1.37. The molecule has 0 radical (unpaired) electrons. The number of amides is 1. The van der Waals surface area contributed by atoms with Gasteiger partial charge in [0.15, 0.2) is 5.82 Å². The summed E-state index contributed by atoms with van der Waals surface area (Å²) in [6, 6.07) is 0. The van der Waals surface area contributed by atoms with Crippen LogP contribution in [0.15, 0.2) is 6.20 Å². The number of hydrogen-bond donors (Lipinski definition) is 1. The normalized spacial score (nSPS) is 15.4. The number of nitrogens with one attached hydrogen (secondary N) is 1. The lowest BCUT2D eigenvalue weighted by Gasteiger charge is -2.32. The molecule has 0 aliphatic carbocycles. The lowest BCUT2D eigenvalue weighted by molar-refractivity contribution is -0.118. The van der Waals surface area contributed by atoms with Crippen LogP contribution in [0.1, 0.15) is 6.42 Å². The monoisotopic (exact) mass is 293 g/mol. The summed E-state index contributed by atoms with van der Waals surface area (Å²) in [5, 5.41) is 11.3. The number of carbonyl (C=O) groups excluding carboxylic acids is 1. The third-order valence-corrected chi connectivity index (χ3v) is 3.38. The molecule has 1 N–H and O–H groups in total. The quantitative estimate of drug-likeness (QED) is 0.537. The van der Waals surface area contributed by atoms with Gasteiger partial charge in [-0.15, -0.1) is 5.10 Å². The standard InChI is InChI=1S/C13H23N7O/c1-18(2)5-3-4-14-12-10-15-17-13(16-12)20-8-6-19(11-21)7-9-20/h10-11H,3-9H2,1-2H3,(H,14,16,17). The summed E-state index contributed by atoms with van der Waals surface area (Å²) in [7, 11) is 4.12. The van der Waals surface area contributed by atoms with E-state index in [-0.39, 0.29) is 0 Å². The number of anilines is 2. The first kappa shape index (κ1) is 15.4. The Labute approximate surface area is 125 Å². The van der Waals surface area contributed by atoms with Gasteiger partial charge in [-0.3, -0.25) is 4.79 Å². The highest BCUT2D eigenvalue weighted by molar-refractivity contribution is 5.48. The van der Waals surface area contributed by atoms with Gasteiger partial charge in [-0.2, -0.15) is 10.1 Å². The van der Waals surface area contributed by atoms with Crippen molar-refractivity contribution in [2.45, 2.75) is 6.42 Å². The van der Waals surface area contributed by atoms with E-state index in [1.807, 2.05) is 0 Å². The molecule has 1 aromatic rings. The molecule has 0 bridgehead atoms. The van der Waals surface area contributed by atoms with Crippen LogP contribution in [0.4, 0.5) is 11.8 Å². The maximum absolute atomic E-state index is 10.7. The minimum atomic E-state index is 0.623. The van der Waals surface area contributed by atoms with Crippen molar-refractivity contribution in [1.29, 1.82) is 0 Å². The van der Waals surface area contributed by atoms with Gasteiger partial charge in [0.1, 0.15) is 0 Å². The van der Waals surface area contributed by atoms with Crippen LogP contribution >= 0.6 is 0 Å². The topological polar surface area (TPSA) is 77.5 Å². The van der Waals surface area contributed by atoms with Gasteiger partial charge in [0.05, 0.1) is 6.20 Å². The molecule has 1 amide bonds. The van der Waals surface area contributed by atoms with Gasteiger partial charge >= 0.3 is 0 Å². The molecule has 0 atom stereocenters. The van der Waals surface area contributed by atoms with Crippen molar-refractivity contribution in [3.63, 3.8) is 0 Å². The summed E-state index contributed by atoms with van der Waals surface area (Å²) < 4.78 is 0. The van der Waals surface area contributed by atoms with Crippen LogP contribution in [0.2, 0.25) is 0 Å². The zero-order chi connectivity index (χ0) is 15.1. The van der Waals surface area contributed by atoms with E-state index in [2.05, 4.69) is 44.4 Å². The first-order valence-corrected chi connectivity index (χ1v) is 7.21. The maximum Gasteiger partial charge on any atom is 0.247 e. The van der Waals surface area contributed by atoms with Gasteiger partial charge in [-0.1, -0.05) is 0 Å². The zero-order valence-electron chi connectivity index (χ0n) is 12.7. The molecule has 116 valence electrons. The highest BCUT2D eigenvalue weighted by Crippen LogP contribution is 2.11. The Kier molecular flexibility index (Phi) is 5.68. The van der Waals surface area contributed by atoms with E-state index in [0.717, 1.165) is 44.8 Å². The minimum Gasteiger partial charge on any atom is -0.369 e. The van der Waals surface area contributed by atoms with Crippen LogP contribution in [0.3, 0.4) is 0 Å². The van der Waals surface area contributed by atoms with Crippen molar-refractivity contribution in [1.82, 2.24) is 25.0 Å². The predicted octanol–water partition coefficient (Wildman–Crippen LogP) is -0.486. The molecule has 0 aromatic carbocycles. The third-order valence-electron chi connectivity index (χ3n) is 3.38. The Morgan fingerprint density at radius 1 is 1.33 bits per heavy atom. The molecular formula is C13H23N7O. The second-order valence-electron chi connectivity index (χ2n) is 5.35. The molecule has 8 nitrogen and oxygen atoms in total. The average molecular weight is 293 g/mol. The van der Waals surface area contributed by atoms with Gasteiger partial charge in [-0.05, 0) is 27.1 Å². The van der Waals surface area contributed by atoms with Crippen LogP contribution in [-0.2, 0) is 4.79 Å². The van der Waals surface area contributed by atoms with Crippen LogP contribution in [-0.4, -0.2) is 84.8 Å². The SMILES string of the molecule is CN(C)CCCNc1cnnc(N2CCN(C=O)CC2)n1. The summed E-state index contributed by atoms with van der Waals surface area (Å²) >= 11 is 0. The summed E-state index contributed by atoms with van der Waals surface area (Å²) in [6.07, 6.45) is 3.57. The fourth-order valence-corrected chi connectivity index (χ4v) is 2.15. The van der Waals surface area contributed by atoms with E-state index in [1.54, 1.807) is 11.1 Å². The molecule has 1 aromatic heterocycles. The Morgan fingerprint density at radius 2 is 2.10 bits per heavy atom. The fraction of sp³-hybridized carbons (Fsp3) is 0.692. The van der Waals surface area contributed by atoms with E-state index in [0.29, 0.717) is 19.0 Å². The van der Waals surface area contributed by atoms with Crippen molar-refractivity contribution in [3.05, 3.63) is 6.20 Å². The first-order chi connectivity index (χ1) is 10.2. The lowest BCUT2D eigenvalue weighted by atomic mass is 10.3. The number of hydrogen-bond acceptors (Lipinski definition) is 7. The number of aromatic nitrogens is 3. The summed E-state index contributed by atoms with van der Waals surface area (Å²) in [4.78, 5) is 21.1. The molecule has 8 heteroatoms. The van der Waals surface area contributed by atoms with Crippen molar-refractivity contribution in [3.8, 4) is 0 Å². The van der Waals surface area contributed by atoms with Gasteiger partial charge in [0.2, 0.25) is 12.4 Å². The van der Waals surface area contributed by atoms with Crippen molar-refractivity contribution >= 4 is 18.2 Å². The van der Waals surface area contributed by atoms with E-state index in [4.69, 9.17) is 0 Å². The van der Waals surface area contributed by atoms with Crippen molar-refractivity contribution < 1.29 is 4.79 Å². The smallest absolute Gasteiger partial charge is 0.247 e. The van der Waals surface area contributed by atoms with Crippen LogP contribution in [0.25, 0.3) is 0 Å². The second kappa shape index (κ2) is 7.72. The van der Waals surface area contributed by atoms with E-state index < -0.39 is 0 Å². The fourth-order valence-electron chi connectivity index (χ4n) is 2.15. The first-order valence-electron chi connectivity index (χ1n) is 7.21. The van der Waals surface area contributed by atoms with Gasteiger partial charge in [0.25, 0.3) is 0 Å². The average Bonchev–Trinajstić information content (AvgIpc) is 2.52. The Morgan fingerprint density at radius 3 is 2.76 bits per heavy atom. The molecule has 1 fully saturated rings. The minimum absolute atomic E-state index is 0.623. The molecule has 2 rings (SSSR count). The van der Waals surface area contributed by atoms with Crippen molar-refractivity contribution in [2.75, 3.05) is 63.6 Å². The lowest BCUT2D eigenvalue weighted by Crippen LogP contribution is -2.46. The zero-order valence-corrected chi connectivity index (χ0v) is 12.7. The molecule has 0 saturated carbocycles. The molecular weight excluding hydrogens is 270 g/mol. The Bertz CT molecular complexity index is 446. The van der Waals surface area contributed by atoms with Crippen LogP contribution < -0.4 is 10.2 Å². The van der Waals surface area contributed by atoms with Crippen LogP contribution in [0.5, 0.6) is 0 Å². The highest BCUT2D eigenvalue weighted by Gasteiger charge is 2.18. The maximum atomic E-state index is 10.7. The number of carbonyl (C=O) groups is 1. The van der Waals surface area contributed by atoms with Crippen molar-refractivity contribution in [2.24, 2.45) is 0 Å². The van der Waals surface area contributed by atoms with Crippen LogP contribution in [0, 0.1) is 0 Å². The van der Waals surface area contributed by atoms with E-state index in [1.165, 1.54) is 0 Å². The second-order valence-corrected chi connectivity index (χ2v) is 5.35. The van der Waals surface area contributed by atoms with Gasteiger partial charge in [-0.25, -0.2) is 0 Å². The van der Waals surface area contributed by atoms with E-state index >= 15 is 0 Å². The molecule has 1 aliphatic rings. The predicted molar refractivity (Wildman–Crippen MR) is 81.3 cm³/mol. The molecule has 1 aliphatic heterocycles. The molecule has 0 spiro atoms. The van der Waals surface area contributed by atoms with E-state index in [9.17, 15) is 4.79 Å². The summed E-state index contributed by atoms with van der Waals surface area (Å²) in [5.41, 5.74) is 0. The highest BCUT2D eigenvalue weighted by atomic mass is 16.1. The van der Waals surface area contributed by atoms with Gasteiger partial charge in [0, 0.05) is 32.7 Å². The molecule has 2 heterocycles. The largest absolute Gasteiger partial charge is 0.369 e. The number of rotatable bonds is 7.